The van der Waals surface area contributed by atoms with Crippen molar-refractivity contribution in [3.63, 3.8) is 0 Å². The van der Waals surface area contributed by atoms with E-state index in [4.69, 9.17) is 39.5 Å². The molecule has 4 heteroatoms. The molecule has 1 unspecified atom stereocenters. The van der Waals surface area contributed by atoms with Gasteiger partial charge in [0, 0.05) is 28.8 Å². The highest BCUT2D eigenvalue weighted by Gasteiger charge is 2.32. The Balaban J connectivity index is 2.09. The monoisotopic (exact) mass is 320 g/mol. The molecular weight excluding hydrogens is 303 g/mol. The molecular formula is C15H19Cl3O. The molecule has 1 fully saturated rings. The third-order valence-corrected chi connectivity index (χ3v) is 5.21. The van der Waals surface area contributed by atoms with Crippen molar-refractivity contribution in [2.45, 2.75) is 37.2 Å². The van der Waals surface area contributed by atoms with Gasteiger partial charge in [0.2, 0.25) is 0 Å². The molecule has 0 spiro atoms. The number of hydrogen-bond acceptors (Lipinski definition) is 1. The van der Waals surface area contributed by atoms with Crippen LogP contribution in [0.1, 0.15) is 31.2 Å². The van der Waals surface area contributed by atoms with Gasteiger partial charge in [-0.1, -0.05) is 23.7 Å². The van der Waals surface area contributed by atoms with Crippen LogP contribution >= 0.6 is 34.8 Å². The summed E-state index contributed by atoms with van der Waals surface area (Å²) in [6.07, 6.45) is 4.66. The lowest BCUT2D eigenvalue weighted by molar-refractivity contribution is 0.0977. The van der Waals surface area contributed by atoms with Crippen molar-refractivity contribution >= 4 is 34.8 Å². The van der Waals surface area contributed by atoms with Crippen LogP contribution in [0.5, 0.6) is 0 Å². The zero-order valence-electron chi connectivity index (χ0n) is 10.9. The Labute approximate surface area is 130 Å². The van der Waals surface area contributed by atoms with E-state index in [1.165, 1.54) is 12.0 Å². The van der Waals surface area contributed by atoms with Gasteiger partial charge in [-0.05, 0) is 43.4 Å². The molecule has 0 saturated carbocycles. The van der Waals surface area contributed by atoms with Gasteiger partial charge in [-0.25, -0.2) is 0 Å². The molecule has 0 aromatic heterocycles. The molecule has 1 aromatic carbocycles. The highest BCUT2D eigenvalue weighted by atomic mass is 35.5. The van der Waals surface area contributed by atoms with Crippen molar-refractivity contribution in [3.05, 3.63) is 34.9 Å². The maximum absolute atomic E-state index is 6.23. The fourth-order valence-corrected chi connectivity index (χ4v) is 3.57. The number of halogens is 3. The normalized spacial score (nSPS) is 19.8. The first kappa shape index (κ1) is 15.4. The van der Waals surface area contributed by atoms with Gasteiger partial charge in [0.1, 0.15) is 0 Å². The van der Waals surface area contributed by atoms with Gasteiger partial charge in [-0.15, -0.1) is 23.2 Å². The van der Waals surface area contributed by atoms with Crippen LogP contribution in [0.25, 0.3) is 0 Å². The summed E-state index contributed by atoms with van der Waals surface area (Å²) >= 11 is 18.4. The van der Waals surface area contributed by atoms with Gasteiger partial charge in [-0.2, -0.15) is 0 Å². The lowest BCUT2D eigenvalue weighted by atomic mass is 9.79. The fraction of sp³-hybridized carbons (Fsp3) is 0.600. The Kier molecular flexibility index (Phi) is 5.83. The van der Waals surface area contributed by atoms with Crippen LogP contribution < -0.4 is 0 Å². The Bertz CT molecular complexity index is 381. The summed E-state index contributed by atoms with van der Waals surface area (Å²) in [6, 6.07) is 7.86. The summed E-state index contributed by atoms with van der Waals surface area (Å²) in [5, 5.41) is 0.737. The second kappa shape index (κ2) is 7.17. The third kappa shape index (κ3) is 3.78. The predicted molar refractivity (Wildman–Crippen MR) is 82.8 cm³/mol. The predicted octanol–water partition coefficient (Wildman–Crippen LogP) is 5.01. The van der Waals surface area contributed by atoms with Gasteiger partial charge in [0.15, 0.2) is 0 Å². The quantitative estimate of drug-likeness (QED) is 0.669. The van der Waals surface area contributed by atoms with Crippen LogP contribution in [0, 0.1) is 0 Å². The summed E-state index contributed by atoms with van der Waals surface area (Å²) < 4.78 is 5.69. The van der Waals surface area contributed by atoms with Gasteiger partial charge in [0.05, 0.1) is 6.10 Å². The second-order valence-corrected chi connectivity index (χ2v) is 6.20. The van der Waals surface area contributed by atoms with Crippen molar-refractivity contribution in [2.75, 3.05) is 18.4 Å². The molecule has 1 atom stereocenters. The minimum atomic E-state index is -0.181. The SMILES string of the molecule is ClCC(CCl)(CCC1CCCO1)c1ccc(Cl)cc1. The van der Waals surface area contributed by atoms with E-state index in [-0.39, 0.29) is 5.41 Å². The van der Waals surface area contributed by atoms with Gasteiger partial charge in [-0.3, -0.25) is 0 Å². The molecule has 0 bridgehead atoms. The van der Waals surface area contributed by atoms with Crippen molar-refractivity contribution < 1.29 is 4.74 Å². The molecule has 1 saturated heterocycles. The van der Waals surface area contributed by atoms with Crippen LogP contribution in [0.3, 0.4) is 0 Å². The van der Waals surface area contributed by atoms with Gasteiger partial charge < -0.3 is 4.74 Å². The van der Waals surface area contributed by atoms with Crippen molar-refractivity contribution in [1.29, 1.82) is 0 Å². The highest BCUT2D eigenvalue weighted by molar-refractivity contribution is 6.30. The molecule has 1 aromatic rings. The molecule has 0 aliphatic carbocycles. The first-order valence-corrected chi connectivity index (χ1v) is 8.14. The van der Waals surface area contributed by atoms with E-state index in [9.17, 15) is 0 Å². The largest absolute Gasteiger partial charge is 0.378 e. The Morgan fingerprint density at radius 3 is 2.37 bits per heavy atom. The molecule has 19 heavy (non-hydrogen) atoms. The van der Waals surface area contributed by atoms with E-state index in [0.29, 0.717) is 17.9 Å². The van der Waals surface area contributed by atoms with E-state index >= 15 is 0 Å². The zero-order chi connectivity index (χ0) is 13.7. The molecule has 1 nitrogen and oxygen atoms in total. The van der Waals surface area contributed by atoms with E-state index < -0.39 is 0 Å². The highest BCUT2D eigenvalue weighted by Crippen LogP contribution is 2.35. The molecule has 1 heterocycles. The molecule has 2 rings (SSSR count). The van der Waals surface area contributed by atoms with E-state index in [1.54, 1.807) is 0 Å². The summed E-state index contributed by atoms with van der Waals surface area (Å²) in [5.74, 6) is 1.04. The average molecular weight is 322 g/mol. The number of benzene rings is 1. The van der Waals surface area contributed by atoms with Crippen LogP contribution in [0.15, 0.2) is 24.3 Å². The number of rotatable bonds is 6. The van der Waals surface area contributed by atoms with Crippen LogP contribution in [-0.2, 0) is 10.2 Å². The first-order valence-electron chi connectivity index (χ1n) is 6.70. The van der Waals surface area contributed by atoms with Crippen LogP contribution in [-0.4, -0.2) is 24.5 Å². The van der Waals surface area contributed by atoms with Crippen LogP contribution in [0.4, 0.5) is 0 Å². The number of hydrogen-bond donors (Lipinski definition) is 0. The van der Waals surface area contributed by atoms with Gasteiger partial charge >= 0.3 is 0 Å². The average Bonchev–Trinajstić information content (AvgIpc) is 2.95. The zero-order valence-corrected chi connectivity index (χ0v) is 13.1. The van der Waals surface area contributed by atoms with Crippen molar-refractivity contribution in [2.24, 2.45) is 0 Å². The molecule has 0 amide bonds. The Morgan fingerprint density at radius 1 is 1.16 bits per heavy atom. The molecule has 1 aliphatic heterocycles. The summed E-state index contributed by atoms with van der Waals surface area (Å²) in [6.45, 7) is 0.889. The molecule has 0 radical (unpaired) electrons. The van der Waals surface area contributed by atoms with Crippen molar-refractivity contribution in [1.82, 2.24) is 0 Å². The lowest BCUT2D eigenvalue weighted by Gasteiger charge is -2.31. The smallest absolute Gasteiger partial charge is 0.0576 e. The summed E-state index contributed by atoms with van der Waals surface area (Å²) in [4.78, 5) is 0. The van der Waals surface area contributed by atoms with E-state index in [0.717, 1.165) is 30.9 Å². The van der Waals surface area contributed by atoms with Gasteiger partial charge in [0.25, 0.3) is 0 Å². The third-order valence-electron chi connectivity index (χ3n) is 3.94. The topological polar surface area (TPSA) is 9.23 Å². The first-order chi connectivity index (χ1) is 9.20. The van der Waals surface area contributed by atoms with Crippen molar-refractivity contribution in [3.8, 4) is 0 Å². The molecule has 1 aliphatic rings. The van der Waals surface area contributed by atoms with E-state index in [2.05, 4.69) is 0 Å². The fourth-order valence-electron chi connectivity index (χ4n) is 2.58. The summed E-state index contributed by atoms with van der Waals surface area (Å²) in [5.41, 5.74) is 0.986. The van der Waals surface area contributed by atoms with E-state index in [1.807, 2.05) is 24.3 Å². The maximum Gasteiger partial charge on any atom is 0.0576 e. The molecule has 106 valence electrons. The van der Waals surface area contributed by atoms with Crippen LogP contribution in [0.2, 0.25) is 5.02 Å². The Morgan fingerprint density at radius 2 is 1.84 bits per heavy atom. The lowest BCUT2D eigenvalue weighted by Crippen LogP contribution is -2.32. The number of alkyl halides is 2. The minimum absolute atomic E-state index is 0.181. The molecule has 0 N–H and O–H groups in total. The Hall–Kier alpha value is 0.0500. The standard InChI is InChI=1S/C15H19Cl3O/c16-10-15(11-17,8-7-14-2-1-9-19-14)12-3-5-13(18)6-4-12/h3-6,14H,1-2,7-11H2. The second-order valence-electron chi connectivity index (χ2n) is 5.23. The summed E-state index contributed by atoms with van der Waals surface area (Å²) in [7, 11) is 0. The number of ether oxygens (including phenoxy) is 1. The minimum Gasteiger partial charge on any atom is -0.378 e. The maximum atomic E-state index is 6.23.